The Hall–Kier alpha value is -0.820. The molecule has 0 aliphatic heterocycles. The van der Waals surface area contributed by atoms with Crippen LogP contribution in [0, 0.1) is 6.92 Å². The minimum Gasteiger partial charge on any atom is -0.399 e. The average Bonchev–Trinajstić information content (AvgIpc) is 2.00. The molecule has 0 aliphatic rings. The maximum Gasteiger partial charge on any atom is 0.0746 e. The SMILES string of the molecule is Nc1ccc(Cl)cc1.[CH2+]C. The van der Waals surface area contributed by atoms with Crippen LogP contribution in [-0.4, -0.2) is 0 Å². The lowest BCUT2D eigenvalue weighted by Gasteiger charge is -1.88. The molecular weight excluding hydrogens is 146 g/mol. The van der Waals surface area contributed by atoms with Gasteiger partial charge in [0, 0.05) is 10.7 Å². The van der Waals surface area contributed by atoms with Gasteiger partial charge in [0.2, 0.25) is 0 Å². The second-order valence-electron chi connectivity index (χ2n) is 1.55. The highest BCUT2D eigenvalue weighted by Crippen LogP contribution is 2.09. The summed E-state index contributed by atoms with van der Waals surface area (Å²) in [7, 11) is 0. The first-order valence-electron chi connectivity index (χ1n) is 3.01. The molecule has 0 unspecified atom stereocenters. The number of rotatable bonds is 0. The Kier molecular flexibility index (Phi) is 4.59. The van der Waals surface area contributed by atoms with E-state index in [9.17, 15) is 0 Å². The smallest absolute Gasteiger partial charge is 0.0746 e. The van der Waals surface area contributed by atoms with Crippen LogP contribution in [0.25, 0.3) is 0 Å². The third-order valence-electron chi connectivity index (χ3n) is 0.870. The summed E-state index contributed by atoms with van der Waals surface area (Å²) in [4.78, 5) is 0. The van der Waals surface area contributed by atoms with E-state index in [1.807, 2.05) is 0 Å². The van der Waals surface area contributed by atoms with E-state index in [2.05, 4.69) is 6.92 Å². The zero-order valence-corrected chi connectivity index (χ0v) is 6.73. The second-order valence-corrected chi connectivity index (χ2v) is 1.99. The second kappa shape index (κ2) is 5.00. The fourth-order valence-corrected chi connectivity index (χ4v) is 0.589. The maximum atomic E-state index is 5.56. The summed E-state index contributed by atoms with van der Waals surface area (Å²) in [5, 5.41) is 0.721. The molecule has 0 saturated heterocycles. The van der Waals surface area contributed by atoms with Gasteiger partial charge in [0.1, 0.15) is 0 Å². The molecule has 0 bridgehead atoms. The number of nitrogens with two attached hydrogens (primary N) is 1. The van der Waals surface area contributed by atoms with Crippen molar-refractivity contribution in [3.63, 3.8) is 0 Å². The van der Waals surface area contributed by atoms with E-state index < -0.39 is 0 Å². The molecule has 1 aromatic carbocycles. The molecule has 1 nitrogen and oxygen atoms in total. The molecule has 0 aliphatic carbocycles. The van der Waals surface area contributed by atoms with Gasteiger partial charge in [-0.3, -0.25) is 0 Å². The van der Waals surface area contributed by atoms with E-state index in [1.54, 1.807) is 31.2 Å². The first kappa shape index (κ1) is 9.18. The predicted octanol–water partition coefficient (Wildman–Crippen LogP) is 2.76. The standard InChI is InChI=1S/C6H6ClN.C2H5/c7-5-1-3-6(8)4-2-5;1-2/h1-4H,8H2;1H2,2H3/q;+1. The highest BCUT2D eigenvalue weighted by atomic mass is 35.5. The number of anilines is 1. The van der Waals surface area contributed by atoms with Crippen molar-refractivity contribution in [2.75, 3.05) is 5.73 Å². The quantitative estimate of drug-likeness (QED) is 0.454. The molecule has 1 aromatic rings. The van der Waals surface area contributed by atoms with Gasteiger partial charge in [-0.1, -0.05) is 11.6 Å². The van der Waals surface area contributed by atoms with Crippen molar-refractivity contribution in [2.24, 2.45) is 0 Å². The van der Waals surface area contributed by atoms with E-state index in [4.69, 9.17) is 17.3 Å². The minimum absolute atomic E-state index is 0.721. The summed E-state index contributed by atoms with van der Waals surface area (Å²) in [5.41, 5.74) is 6.11. The molecule has 0 fully saturated rings. The van der Waals surface area contributed by atoms with Crippen molar-refractivity contribution in [1.29, 1.82) is 0 Å². The normalized spacial score (nSPS) is 7.80. The Morgan fingerprint density at radius 2 is 1.60 bits per heavy atom. The van der Waals surface area contributed by atoms with Crippen molar-refractivity contribution in [3.8, 4) is 0 Å². The summed E-state index contributed by atoms with van der Waals surface area (Å²) in [6.45, 7) is 5.00. The van der Waals surface area contributed by atoms with Crippen LogP contribution in [0.5, 0.6) is 0 Å². The molecule has 54 valence electrons. The van der Waals surface area contributed by atoms with Gasteiger partial charge in [-0.2, -0.15) is 0 Å². The number of halogens is 1. The summed E-state index contributed by atoms with van der Waals surface area (Å²) < 4.78 is 0. The van der Waals surface area contributed by atoms with Crippen LogP contribution in [0.15, 0.2) is 24.3 Å². The van der Waals surface area contributed by atoms with E-state index in [0.717, 1.165) is 10.7 Å². The van der Waals surface area contributed by atoms with Crippen molar-refractivity contribution in [2.45, 2.75) is 6.92 Å². The monoisotopic (exact) mass is 156 g/mol. The average molecular weight is 157 g/mol. The van der Waals surface area contributed by atoms with E-state index >= 15 is 0 Å². The van der Waals surface area contributed by atoms with Crippen LogP contribution in [0.2, 0.25) is 5.02 Å². The van der Waals surface area contributed by atoms with E-state index in [0.29, 0.717) is 0 Å². The minimum atomic E-state index is 0.721. The van der Waals surface area contributed by atoms with Gasteiger partial charge < -0.3 is 5.73 Å². The van der Waals surface area contributed by atoms with Crippen LogP contribution in [0.1, 0.15) is 6.92 Å². The van der Waals surface area contributed by atoms with E-state index in [-0.39, 0.29) is 0 Å². The molecule has 0 amide bonds. The molecule has 1 rings (SSSR count). The lowest BCUT2D eigenvalue weighted by atomic mass is 10.3. The molecule has 2 N–H and O–H groups in total. The van der Waals surface area contributed by atoms with Crippen molar-refractivity contribution < 1.29 is 0 Å². The van der Waals surface area contributed by atoms with Crippen molar-refractivity contribution >= 4 is 17.3 Å². The summed E-state index contributed by atoms with van der Waals surface area (Å²) >= 11 is 5.56. The van der Waals surface area contributed by atoms with Crippen LogP contribution in [0.4, 0.5) is 5.69 Å². The Labute approximate surface area is 66.8 Å². The zero-order valence-electron chi connectivity index (χ0n) is 5.97. The lowest BCUT2D eigenvalue weighted by Crippen LogP contribution is -1.80. The van der Waals surface area contributed by atoms with Gasteiger partial charge in [0.25, 0.3) is 0 Å². The van der Waals surface area contributed by atoms with Gasteiger partial charge in [0.05, 0.1) is 13.8 Å². The molecule has 0 atom stereocenters. The topological polar surface area (TPSA) is 26.0 Å². The third kappa shape index (κ3) is 3.25. The largest absolute Gasteiger partial charge is 0.399 e. The summed E-state index contributed by atoms with van der Waals surface area (Å²) in [6.07, 6.45) is 0. The molecule has 0 heterocycles. The Morgan fingerprint density at radius 1 is 1.20 bits per heavy atom. The van der Waals surface area contributed by atoms with Crippen molar-refractivity contribution in [3.05, 3.63) is 36.2 Å². The Bertz CT molecular complexity index is 148. The molecular formula is C8H11ClN+. The zero-order chi connectivity index (χ0) is 7.98. The molecule has 0 aromatic heterocycles. The Balaban J connectivity index is 0.000000371. The van der Waals surface area contributed by atoms with Crippen LogP contribution in [-0.2, 0) is 0 Å². The van der Waals surface area contributed by atoms with Gasteiger partial charge in [-0.15, -0.1) is 0 Å². The van der Waals surface area contributed by atoms with Crippen molar-refractivity contribution in [1.82, 2.24) is 0 Å². The number of hydrogen-bond acceptors (Lipinski definition) is 1. The fourth-order valence-electron chi connectivity index (χ4n) is 0.463. The molecule has 0 spiro atoms. The van der Waals surface area contributed by atoms with Gasteiger partial charge >= 0.3 is 0 Å². The molecule has 10 heavy (non-hydrogen) atoms. The van der Waals surface area contributed by atoms with Crippen LogP contribution in [0.3, 0.4) is 0 Å². The van der Waals surface area contributed by atoms with Crippen LogP contribution >= 0.6 is 11.6 Å². The number of nitrogen functional groups attached to an aromatic ring is 1. The van der Waals surface area contributed by atoms with E-state index in [1.165, 1.54) is 0 Å². The number of benzene rings is 1. The first-order valence-corrected chi connectivity index (χ1v) is 3.38. The van der Waals surface area contributed by atoms with Gasteiger partial charge in [0.15, 0.2) is 0 Å². The first-order chi connectivity index (χ1) is 4.79. The molecule has 2 heteroatoms. The Morgan fingerprint density at radius 3 is 1.90 bits per heavy atom. The van der Waals surface area contributed by atoms with Gasteiger partial charge in [-0.05, 0) is 24.3 Å². The summed E-state index contributed by atoms with van der Waals surface area (Å²) in [5.74, 6) is 0. The lowest BCUT2D eigenvalue weighted by molar-refractivity contribution is 1.69. The third-order valence-corrected chi connectivity index (χ3v) is 1.12. The number of hydrogen-bond donors (Lipinski definition) is 1. The highest BCUT2D eigenvalue weighted by Gasteiger charge is 1.82. The van der Waals surface area contributed by atoms with Crippen LogP contribution < -0.4 is 5.73 Å². The predicted molar refractivity (Wildman–Crippen MR) is 46.9 cm³/mol. The maximum absolute atomic E-state index is 5.56. The fraction of sp³-hybridized carbons (Fsp3) is 0.125. The molecule has 0 radical (unpaired) electrons. The highest BCUT2D eigenvalue weighted by molar-refractivity contribution is 6.30. The van der Waals surface area contributed by atoms with Gasteiger partial charge in [-0.25, -0.2) is 0 Å². The summed E-state index contributed by atoms with van der Waals surface area (Å²) in [6, 6.07) is 7.05. The molecule has 0 saturated carbocycles.